The number of aromatic nitrogens is 1. The van der Waals surface area contributed by atoms with E-state index < -0.39 is 5.60 Å². The Morgan fingerprint density at radius 1 is 1.30 bits per heavy atom. The van der Waals surface area contributed by atoms with Crippen LogP contribution in [0.1, 0.15) is 20.8 Å². The lowest BCUT2D eigenvalue weighted by molar-refractivity contribution is 0.0186. The summed E-state index contributed by atoms with van der Waals surface area (Å²) in [6.07, 6.45) is 1.32. The van der Waals surface area contributed by atoms with E-state index >= 15 is 0 Å². The number of guanidine groups is 1. The van der Waals surface area contributed by atoms with Gasteiger partial charge in [0.25, 0.3) is 0 Å². The molecule has 1 aromatic heterocycles. The number of halogens is 2. The van der Waals surface area contributed by atoms with Crippen LogP contribution >= 0.6 is 35.6 Å². The van der Waals surface area contributed by atoms with Gasteiger partial charge in [-0.25, -0.2) is 14.8 Å². The lowest BCUT2D eigenvalue weighted by atomic mass is 10.2. The molecule has 1 saturated heterocycles. The summed E-state index contributed by atoms with van der Waals surface area (Å²) < 4.78 is 10.9. The minimum atomic E-state index is -0.495. The zero-order valence-electron chi connectivity index (χ0n) is 15.9. The molecule has 8 nitrogen and oxygen atoms in total. The standard InChI is InChI=1S/C17H26ClN5O3.HI/c1-17(2,3)26-16(24)23-10-8-22(9-11-23)15(19)21-7-12-25-14-13(18)5-4-6-20-14;/h4-6H,7-12H2,1-3H3,(H2,19,21);1H. The van der Waals surface area contributed by atoms with Crippen molar-refractivity contribution in [3.05, 3.63) is 23.4 Å². The zero-order chi connectivity index (χ0) is 19.2. The number of hydrogen-bond donors (Lipinski definition) is 1. The van der Waals surface area contributed by atoms with E-state index in [0.717, 1.165) is 0 Å². The van der Waals surface area contributed by atoms with Crippen LogP contribution in [0, 0.1) is 0 Å². The molecule has 1 aromatic rings. The Morgan fingerprint density at radius 3 is 2.52 bits per heavy atom. The van der Waals surface area contributed by atoms with E-state index in [0.29, 0.717) is 56.2 Å². The highest BCUT2D eigenvalue weighted by Gasteiger charge is 2.26. The fraction of sp³-hybridized carbons (Fsp3) is 0.588. The number of hydrogen-bond acceptors (Lipinski definition) is 5. The smallest absolute Gasteiger partial charge is 0.410 e. The van der Waals surface area contributed by atoms with Gasteiger partial charge in [0, 0.05) is 32.4 Å². The van der Waals surface area contributed by atoms with Gasteiger partial charge in [0.1, 0.15) is 17.2 Å². The molecule has 0 saturated carbocycles. The van der Waals surface area contributed by atoms with Crippen LogP contribution in [0.2, 0.25) is 5.02 Å². The maximum Gasteiger partial charge on any atom is 0.410 e. The second-order valence-electron chi connectivity index (χ2n) is 6.83. The predicted octanol–water partition coefficient (Wildman–Crippen LogP) is 2.60. The molecule has 0 unspecified atom stereocenters. The van der Waals surface area contributed by atoms with Gasteiger partial charge in [0.15, 0.2) is 5.96 Å². The lowest BCUT2D eigenvalue weighted by Crippen LogP contribution is -2.53. The summed E-state index contributed by atoms with van der Waals surface area (Å²) in [5.74, 6) is 0.818. The minimum absolute atomic E-state index is 0. The Labute approximate surface area is 182 Å². The molecular formula is C17H27ClIN5O3. The van der Waals surface area contributed by atoms with E-state index in [1.165, 1.54) is 0 Å². The first kappa shape index (κ1) is 23.5. The van der Waals surface area contributed by atoms with E-state index in [1.54, 1.807) is 23.2 Å². The van der Waals surface area contributed by atoms with Crippen LogP contribution in [0.4, 0.5) is 4.79 Å². The Bertz CT molecular complexity index is 646. The van der Waals surface area contributed by atoms with Crippen LogP contribution in [0.25, 0.3) is 0 Å². The molecule has 2 rings (SSSR count). The number of pyridine rings is 1. The maximum atomic E-state index is 12.1. The van der Waals surface area contributed by atoms with Gasteiger partial charge in [-0.05, 0) is 32.9 Å². The van der Waals surface area contributed by atoms with Gasteiger partial charge in [-0.15, -0.1) is 24.0 Å². The third kappa shape index (κ3) is 7.96. The summed E-state index contributed by atoms with van der Waals surface area (Å²) in [5.41, 5.74) is 5.53. The van der Waals surface area contributed by atoms with Crippen molar-refractivity contribution in [2.45, 2.75) is 26.4 Å². The highest BCUT2D eigenvalue weighted by atomic mass is 127. The van der Waals surface area contributed by atoms with Crippen molar-refractivity contribution in [2.75, 3.05) is 39.3 Å². The zero-order valence-corrected chi connectivity index (χ0v) is 18.9. The molecule has 0 bridgehead atoms. The van der Waals surface area contributed by atoms with Gasteiger partial charge in [-0.1, -0.05) is 11.6 Å². The molecule has 0 spiro atoms. The van der Waals surface area contributed by atoms with Crippen molar-refractivity contribution < 1.29 is 14.3 Å². The highest BCUT2D eigenvalue weighted by Crippen LogP contribution is 2.19. The Balaban J connectivity index is 0.00000364. The van der Waals surface area contributed by atoms with Crippen molar-refractivity contribution in [1.82, 2.24) is 14.8 Å². The summed E-state index contributed by atoms with van der Waals surface area (Å²) in [5, 5.41) is 0.461. The molecule has 1 aliphatic rings. The fourth-order valence-corrected chi connectivity index (χ4v) is 2.50. The summed E-state index contributed by atoms with van der Waals surface area (Å²) in [6, 6.07) is 3.45. The van der Waals surface area contributed by atoms with Crippen LogP contribution in [0.15, 0.2) is 23.3 Å². The molecule has 0 radical (unpaired) electrons. The first-order chi connectivity index (χ1) is 12.3. The molecule has 0 aliphatic carbocycles. The summed E-state index contributed by atoms with van der Waals surface area (Å²) >= 11 is 5.97. The van der Waals surface area contributed by atoms with Crippen molar-refractivity contribution in [3.63, 3.8) is 0 Å². The normalized spacial score (nSPS) is 15.2. The molecule has 1 aliphatic heterocycles. The molecule has 1 fully saturated rings. The number of rotatable bonds is 4. The molecule has 152 valence electrons. The lowest BCUT2D eigenvalue weighted by Gasteiger charge is -2.36. The molecule has 27 heavy (non-hydrogen) atoms. The largest absolute Gasteiger partial charge is 0.475 e. The van der Waals surface area contributed by atoms with Crippen molar-refractivity contribution in [3.8, 4) is 5.88 Å². The fourth-order valence-electron chi connectivity index (χ4n) is 2.32. The summed E-state index contributed by atoms with van der Waals surface area (Å²) in [7, 11) is 0. The van der Waals surface area contributed by atoms with Gasteiger partial charge in [-0.2, -0.15) is 0 Å². The molecule has 0 aromatic carbocycles. The predicted molar refractivity (Wildman–Crippen MR) is 116 cm³/mol. The van der Waals surface area contributed by atoms with Crippen LogP contribution in [-0.2, 0) is 4.74 Å². The first-order valence-corrected chi connectivity index (χ1v) is 8.90. The topological polar surface area (TPSA) is 93.3 Å². The van der Waals surface area contributed by atoms with Gasteiger partial charge in [0.05, 0.1) is 6.54 Å². The van der Waals surface area contributed by atoms with Crippen LogP contribution in [-0.4, -0.2) is 71.8 Å². The monoisotopic (exact) mass is 511 g/mol. The van der Waals surface area contributed by atoms with Crippen LogP contribution in [0.5, 0.6) is 5.88 Å². The average molecular weight is 512 g/mol. The van der Waals surface area contributed by atoms with Crippen molar-refractivity contribution in [2.24, 2.45) is 10.7 Å². The number of piperazine rings is 1. The van der Waals surface area contributed by atoms with Crippen molar-refractivity contribution in [1.29, 1.82) is 0 Å². The molecule has 0 atom stereocenters. The third-order valence-electron chi connectivity index (χ3n) is 3.58. The van der Waals surface area contributed by atoms with Gasteiger partial charge >= 0.3 is 6.09 Å². The molecule has 1 amide bonds. The Hall–Kier alpha value is -1.49. The maximum absolute atomic E-state index is 12.1. The number of nitrogens with two attached hydrogens (primary N) is 1. The number of ether oxygens (including phenoxy) is 2. The Morgan fingerprint density at radius 2 is 1.93 bits per heavy atom. The second kappa shape index (κ2) is 10.7. The van der Waals surface area contributed by atoms with Crippen LogP contribution < -0.4 is 10.5 Å². The van der Waals surface area contributed by atoms with E-state index in [2.05, 4.69) is 9.98 Å². The van der Waals surface area contributed by atoms with E-state index in [1.807, 2.05) is 25.7 Å². The van der Waals surface area contributed by atoms with Gasteiger partial charge in [0.2, 0.25) is 5.88 Å². The van der Waals surface area contributed by atoms with E-state index in [4.69, 9.17) is 26.8 Å². The second-order valence-corrected chi connectivity index (χ2v) is 7.24. The number of aliphatic imine (C=N–C) groups is 1. The quantitative estimate of drug-likeness (QED) is 0.289. The Kier molecular flexibility index (Phi) is 9.37. The number of amides is 1. The number of carbonyl (C=O) groups excluding carboxylic acids is 1. The van der Waals surface area contributed by atoms with Crippen LogP contribution in [0.3, 0.4) is 0 Å². The number of nitrogens with zero attached hydrogens (tertiary/aromatic N) is 4. The van der Waals surface area contributed by atoms with Crippen molar-refractivity contribution >= 4 is 47.6 Å². The number of carbonyl (C=O) groups is 1. The van der Waals surface area contributed by atoms with E-state index in [-0.39, 0.29) is 30.1 Å². The molecule has 2 heterocycles. The summed E-state index contributed by atoms with van der Waals surface area (Å²) in [6.45, 7) is 8.60. The molecular weight excluding hydrogens is 485 g/mol. The van der Waals surface area contributed by atoms with Gasteiger partial charge in [-0.3, -0.25) is 0 Å². The summed E-state index contributed by atoms with van der Waals surface area (Å²) in [4.78, 5) is 24.0. The van der Waals surface area contributed by atoms with E-state index in [9.17, 15) is 4.79 Å². The van der Waals surface area contributed by atoms with Gasteiger partial charge < -0.3 is 25.0 Å². The third-order valence-corrected chi connectivity index (χ3v) is 3.87. The molecule has 10 heteroatoms. The average Bonchev–Trinajstić information content (AvgIpc) is 2.58. The highest BCUT2D eigenvalue weighted by molar-refractivity contribution is 14.0. The minimum Gasteiger partial charge on any atom is -0.475 e. The first-order valence-electron chi connectivity index (χ1n) is 8.52. The SMILES string of the molecule is CC(C)(C)OC(=O)N1CCN(C(N)=NCCOc2ncccc2Cl)CC1.I. The molecule has 2 N–H and O–H groups in total.